The van der Waals surface area contributed by atoms with Gasteiger partial charge in [-0.15, -0.1) is 11.6 Å². The van der Waals surface area contributed by atoms with Gasteiger partial charge in [0.25, 0.3) is 0 Å². The molecule has 0 aliphatic heterocycles. The minimum absolute atomic E-state index is 0.562. The van der Waals surface area contributed by atoms with Crippen LogP contribution in [0.25, 0.3) is 16.9 Å². The zero-order valence-electron chi connectivity index (χ0n) is 9.93. The lowest BCUT2D eigenvalue weighted by Crippen LogP contribution is -2.01. The van der Waals surface area contributed by atoms with E-state index in [4.69, 9.17) is 11.6 Å². The van der Waals surface area contributed by atoms with E-state index in [-0.39, 0.29) is 0 Å². The van der Waals surface area contributed by atoms with Crippen LogP contribution in [0.2, 0.25) is 0 Å². The maximum absolute atomic E-state index is 5.86. The number of imidazole rings is 1. The number of pyridine rings is 1. The highest BCUT2D eigenvalue weighted by atomic mass is 35.5. The fourth-order valence-electron chi connectivity index (χ4n) is 2.02. The summed E-state index contributed by atoms with van der Waals surface area (Å²) in [5, 5.41) is 4.15. The van der Waals surface area contributed by atoms with Gasteiger partial charge in [-0.25, -0.2) is 9.97 Å². The van der Waals surface area contributed by atoms with E-state index < -0.39 is 0 Å². The summed E-state index contributed by atoms with van der Waals surface area (Å²) in [5.41, 5.74) is 4.06. The Labute approximate surface area is 114 Å². The van der Waals surface area contributed by atoms with E-state index in [0.29, 0.717) is 5.88 Å². The summed E-state index contributed by atoms with van der Waals surface area (Å²) in [6.45, 7) is 2.03. The number of hydrogen-bond acceptors (Lipinski definition) is 3. The smallest absolute Gasteiger partial charge is 0.164 e. The number of aromatic nitrogens is 3. The molecule has 0 amide bonds. The first-order chi connectivity index (χ1) is 8.79. The van der Waals surface area contributed by atoms with E-state index in [1.54, 1.807) is 11.3 Å². The monoisotopic (exact) mass is 277 g/mol. The van der Waals surface area contributed by atoms with Crippen molar-refractivity contribution in [3.63, 3.8) is 0 Å². The summed E-state index contributed by atoms with van der Waals surface area (Å²) >= 11 is 7.52. The molecule has 92 valence electrons. The molecule has 0 N–H and O–H groups in total. The first kappa shape index (κ1) is 11.7. The summed E-state index contributed by atoms with van der Waals surface area (Å²) in [5.74, 6) is 1.53. The topological polar surface area (TPSA) is 30.7 Å². The number of halogens is 1. The molecule has 0 saturated heterocycles. The molecular formula is C13H12ClN3S. The number of rotatable bonds is 3. The quantitative estimate of drug-likeness (QED) is 0.685. The molecule has 0 bridgehead atoms. The van der Waals surface area contributed by atoms with E-state index in [2.05, 4.69) is 37.4 Å². The Morgan fingerprint density at radius 2 is 2.33 bits per heavy atom. The van der Waals surface area contributed by atoms with Gasteiger partial charge in [0, 0.05) is 23.9 Å². The van der Waals surface area contributed by atoms with Crippen molar-refractivity contribution in [2.75, 3.05) is 5.88 Å². The molecule has 0 unspecified atom stereocenters. The largest absolute Gasteiger partial charge is 0.280 e. The van der Waals surface area contributed by atoms with Crippen molar-refractivity contribution < 1.29 is 0 Å². The number of nitrogens with zero attached hydrogens (tertiary/aromatic N) is 3. The molecule has 3 rings (SSSR count). The van der Waals surface area contributed by atoms with Gasteiger partial charge in [0.05, 0.1) is 5.69 Å². The van der Waals surface area contributed by atoms with Crippen LogP contribution in [0.4, 0.5) is 0 Å². The molecular weight excluding hydrogens is 266 g/mol. The molecule has 0 atom stereocenters. The molecule has 0 aliphatic rings. The van der Waals surface area contributed by atoms with E-state index >= 15 is 0 Å². The lowest BCUT2D eigenvalue weighted by Gasteiger charge is -2.04. The Bertz CT molecular complexity index is 673. The molecule has 0 aliphatic carbocycles. The van der Waals surface area contributed by atoms with Crippen LogP contribution in [0.15, 0.2) is 29.1 Å². The van der Waals surface area contributed by atoms with Crippen molar-refractivity contribution >= 4 is 34.1 Å². The lowest BCUT2D eigenvalue weighted by atomic mass is 10.3. The Kier molecular flexibility index (Phi) is 3.06. The fourth-order valence-corrected chi connectivity index (χ4v) is 2.81. The van der Waals surface area contributed by atoms with Gasteiger partial charge in [-0.1, -0.05) is 0 Å². The van der Waals surface area contributed by atoms with Gasteiger partial charge in [-0.3, -0.25) is 4.57 Å². The Morgan fingerprint density at radius 3 is 3.06 bits per heavy atom. The molecule has 0 fully saturated rings. The molecule has 0 aromatic carbocycles. The maximum Gasteiger partial charge on any atom is 0.164 e. The van der Waals surface area contributed by atoms with Crippen LogP contribution in [-0.4, -0.2) is 20.4 Å². The average molecular weight is 278 g/mol. The second-order valence-corrected chi connectivity index (χ2v) is 5.30. The second kappa shape index (κ2) is 4.71. The molecule has 3 heterocycles. The highest BCUT2D eigenvalue weighted by Crippen LogP contribution is 2.22. The van der Waals surface area contributed by atoms with Crippen LogP contribution < -0.4 is 0 Å². The molecule has 0 spiro atoms. The van der Waals surface area contributed by atoms with Crippen molar-refractivity contribution in [1.29, 1.82) is 0 Å². The Morgan fingerprint density at radius 1 is 1.44 bits per heavy atom. The van der Waals surface area contributed by atoms with Gasteiger partial charge >= 0.3 is 0 Å². The fraction of sp³-hybridized carbons (Fsp3) is 0.231. The van der Waals surface area contributed by atoms with Crippen LogP contribution in [0, 0.1) is 6.92 Å². The number of aryl methyl sites for hydroxylation is 2. The van der Waals surface area contributed by atoms with Crippen LogP contribution >= 0.6 is 22.9 Å². The predicted octanol–water partition coefficient (Wildman–Crippen LogP) is 3.57. The number of thiophene rings is 1. The molecule has 0 saturated carbocycles. The highest BCUT2D eigenvalue weighted by molar-refractivity contribution is 7.08. The first-order valence-electron chi connectivity index (χ1n) is 5.72. The summed E-state index contributed by atoms with van der Waals surface area (Å²) in [6.07, 6.45) is 2.62. The van der Waals surface area contributed by atoms with Crippen LogP contribution in [0.1, 0.15) is 11.4 Å². The maximum atomic E-state index is 5.86. The zero-order valence-corrected chi connectivity index (χ0v) is 11.5. The minimum Gasteiger partial charge on any atom is -0.280 e. The average Bonchev–Trinajstić information content (AvgIpc) is 2.95. The van der Waals surface area contributed by atoms with Crippen LogP contribution in [-0.2, 0) is 6.42 Å². The number of hydrogen-bond donors (Lipinski definition) is 0. The summed E-state index contributed by atoms with van der Waals surface area (Å²) < 4.78 is 2.09. The zero-order chi connectivity index (χ0) is 12.5. The van der Waals surface area contributed by atoms with Crippen molar-refractivity contribution in [3.8, 4) is 5.69 Å². The second-order valence-electron chi connectivity index (χ2n) is 4.14. The van der Waals surface area contributed by atoms with E-state index in [1.807, 2.05) is 13.1 Å². The summed E-state index contributed by atoms with van der Waals surface area (Å²) in [6, 6.07) is 4.13. The Hall–Kier alpha value is -1.39. The van der Waals surface area contributed by atoms with E-state index in [1.165, 1.54) is 0 Å². The minimum atomic E-state index is 0.562. The number of alkyl halides is 1. The first-order valence-corrected chi connectivity index (χ1v) is 7.20. The SMILES string of the molecule is Cc1cnc2c(c1)nc(CCCl)n2-c1ccsc1. The van der Waals surface area contributed by atoms with Gasteiger partial charge in [0.15, 0.2) is 5.65 Å². The molecule has 3 nitrogen and oxygen atoms in total. The van der Waals surface area contributed by atoms with Gasteiger partial charge < -0.3 is 0 Å². The molecule has 3 aromatic heterocycles. The highest BCUT2D eigenvalue weighted by Gasteiger charge is 2.13. The van der Waals surface area contributed by atoms with Crippen molar-refractivity contribution in [2.45, 2.75) is 13.3 Å². The van der Waals surface area contributed by atoms with E-state index in [0.717, 1.165) is 34.7 Å². The van der Waals surface area contributed by atoms with Gasteiger partial charge in [-0.05, 0) is 30.0 Å². The molecule has 0 radical (unpaired) electrons. The third-order valence-electron chi connectivity index (χ3n) is 2.79. The Balaban J connectivity index is 2.28. The third-order valence-corrected chi connectivity index (χ3v) is 3.65. The molecule has 5 heteroatoms. The van der Waals surface area contributed by atoms with Crippen LogP contribution in [0.5, 0.6) is 0 Å². The summed E-state index contributed by atoms with van der Waals surface area (Å²) in [7, 11) is 0. The van der Waals surface area contributed by atoms with Crippen LogP contribution in [0.3, 0.4) is 0 Å². The predicted molar refractivity (Wildman–Crippen MR) is 75.9 cm³/mol. The van der Waals surface area contributed by atoms with Gasteiger partial charge in [0.2, 0.25) is 0 Å². The van der Waals surface area contributed by atoms with Crippen molar-refractivity contribution in [2.24, 2.45) is 0 Å². The normalized spacial score (nSPS) is 11.2. The molecule has 18 heavy (non-hydrogen) atoms. The molecule has 3 aromatic rings. The van der Waals surface area contributed by atoms with E-state index in [9.17, 15) is 0 Å². The third kappa shape index (κ3) is 1.91. The van der Waals surface area contributed by atoms with Gasteiger partial charge in [0.1, 0.15) is 11.3 Å². The summed E-state index contributed by atoms with van der Waals surface area (Å²) in [4.78, 5) is 9.14. The lowest BCUT2D eigenvalue weighted by molar-refractivity contribution is 0.908. The van der Waals surface area contributed by atoms with Crippen molar-refractivity contribution in [3.05, 3.63) is 40.5 Å². The van der Waals surface area contributed by atoms with Crippen molar-refractivity contribution in [1.82, 2.24) is 14.5 Å². The standard InChI is InChI=1S/C13H12ClN3S/c1-9-6-11-13(15-7-9)17(10-3-5-18-8-10)12(16-11)2-4-14/h3,5-8H,2,4H2,1H3. The number of fused-ring (bicyclic) bond motifs is 1. The van der Waals surface area contributed by atoms with Gasteiger partial charge in [-0.2, -0.15) is 11.3 Å².